The van der Waals surface area contributed by atoms with Crippen molar-refractivity contribution < 1.29 is 4.79 Å². The number of nitrogens with one attached hydrogen (secondary N) is 1. The molecule has 5 heteroatoms. The number of carbonyl (C=O) groups is 1. The van der Waals surface area contributed by atoms with Gasteiger partial charge < -0.3 is 9.88 Å². The molecule has 0 aliphatic carbocycles. The van der Waals surface area contributed by atoms with Crippen molar-refractivity contribution in [3.05, 3.63) is 53.6 Å². The fraction of sp³-hybridized carbons (Fsp3) is 0.263. The number of anilines is 1. The molecule has 124 valence electrons. The topological polar surface area (TPSA) is 46.9 Å². The number of aromatic nitrogens is 2. The highest BCUT2D eigenvalue weighted by molar-refractivity contribution is 8.00. The number of imidazole rings is 1. The summed E-state index contributed by atoms with van der Waals surface area (Å²) in [5.41, 5.74) is 5.09. The van der Waals surface area contributed by atoms with E-state index in [2.05, 4.69) is 10.3 Å². The summed E-state index contributed by atoms with van der Waals surface area (Å²) in [4.78, 5) is 17.2. The molecule has 0 bridgehead atoms. The maximum atomic E-state index is 12.5. The monoisotopic (exact) mass is 339 g/mol. The lowest BCUT2D eigenvalue weighted by atomic mass is 10.1. The molecule has 0 saturated carbocycles. The van der Waals surface area contributed by atoms with Gasteiger partial charge >= 0.3 is 0 Å². The SMILES string of the molecule is Cc1ccc(C)c(NC(=O)C(C)Sc2nc3ccccc3n2C)c1. The van der Waals surface area contributed by atoms with Crippen molar-refractivity contribution in [2.75, 3.05) is 5.32 Å². The summed E-state index contributed by atoms with van der Waals surface area (Å²) in [5.74, 6) is -0.0132. The van der Waals surface area contributed by atoms with Crippen LogP contribution in [0.4, 0.5) is 5.69 Å². The van der Waals surface area contributed by atoms with Crippen molar-refractivity contribution in [2.24, 2.45) is 7.05 Å². The van der Waals surface area contributed by atoms with E-state index >= 15 is 0 Å². The molecule has 1 aromatic heterocycles. The summed E-state index contributed by atoms with van der Waals surface area (Å²) < 4.78 is 2.03. The lowest BCUT2D eigenvalue weighted by molar-refractivity contribution is -0.115. The van der Waals surface area contributed by atoms with Crippen LogP contribution in [0.25, 0.3) is 11.0 Å². The summed E-state index contributed by atoms with van der Waals surface area (Å²) in [6, 6.07) is 14.1. The summed E-state index contributed by atoms with van der Waals surface area (Å²) in [7, 11) is 1.98. The molecule has 1 N–H and O–H groups in total. The zero-order valence-corrected chi connectivity index (χ0v) is 15.1. The van der Waals surface area contributed by atoms with Crippen LogP contribution in [0.2, 0.25) is 0 Å². The number of fused-ring (bicyclic) bond motifs is 1. The largest absolute Gasteiger partial charge is 0.325 e. The van der Waals surface area contributed by atoms with Crippen molar-refractivity contribution in [1.29, 1.82) is 0 Å². The molecule has 0 radical (unpaired) electrons. The number of thioether (sulfide) groups is 1. The van der Waals surface area contributed by atoms with Gasteiger partial charge in [0.2, 0.25) is 5.91 Å². The first-order valence-corrected chi connectivity index (χ1v) is 8.80. The van der Waals surface area contributed by atoms with Gasteiger partial charge in [0.15, 0.2) is 5.16 Å². The maximum absolute atomic E-state index is 12.5. The Hall–Kier alpha value is -2.27. The van der Waals surface area contributed by atoms with Crippen LogP contribution in [-0.4, -0.2) is 20.7 Å². The molecule has 1 atom stereocenters. The van der Waals surface area contributed by atoms with Gasteiger partial charge in [-0.3, -0.25) is 4.79 Å². The van der Waals surface area contributed by atoms with Gasteiger partial charge in [-0.05, 0) is 50.1 Å². The van der Waals surface area contributed by atoms with Gasteiger partial charge in [-0.25, -0.2) is 4.98 Å². The van der Waals surface area contributed by atoms with Crippen LogP contribution in [0.3, 0.4) is 0 Å². The van der Waals surface area contributed by atoms with E-state index in [4.69, 9.17) is 0 Å². The summed E-state index contributed by atoms with van der Waals surface area (Å²) in [6.45, 7) is 5.93. The average molecular weight is 339 g/mol. The molecule has 0 spiro atoms. The van der Waals surface area contributed by atoms with Crippen molar-refractivity contribution >= 4 is 34.4 Å². The van der Waals surface area contributed by atoms with Crippen LogP contribution in [-0.2, 0) is 11.8 Å². The third-order valence-electron chi connectivity index (χ3n) is 4.05. The maximum Gasteiger partial charge on any atom is 0.237 e. The van der Waals surface area contributed by atoms with Crippen molar-refractivity contribution in [1.82, 2.24) is 9.55 Å². The fourth-order valence-electron chi connectivity index (χ4n) is 2.55. The number of carbonyl (C=O) groups excluding carboxylic acids is 1. The van der Waals surface area contributed by atoms with Crippen molar-refractivity contribution in [3.8, 4) is 0 Å². The van der Waals surface area contributed by atoms with Crippen LogP contribution in [0.5, 0.6) is 0 Å². The van der Waals surface area contributed by atoms with Crippen LogP contribution in [0.15, 0.2) is 47.6 Å². The van der Waals surface area contributed by atoms with E-state index < -0.39 is 0 Å². The van der Waals surface area contributed by atoms with E-state index in [0.717, 1.165) is 33.0 Å². The smallest absolute Gasteiger partial charge is 0.237 e. The molecule has 4 nitrogen and oxygen atoms in total. The number of amides is 1. The van der Waals surface area contributed by atoms with E-state index in [9.17, 15) is 4.79 Å². The number of hydrogen-bond donors (Lipinski definition) is 1. The Balaban J connectivity index is 1.76. The van der Waals surface area contributed by atoms with Crippen molar-refractivity contribution in [2.45, 2.75) is 31.2 Å². The first-order chi connectivity index (χ1) is 11.5. The molecule has 2 aromatic carbocycles. The summed E-state index contributed by atoms with van der Waals surface area (Å²) >= 11 is 1.47. The molecule has 0 saturated heterocycles. The predicted octanol–water partition coefficient (Wildman–Crippen LogP) is 4.31. The second kappa shape index (κ2) is 6.69. The van der Waals surface area contributed by atoms with E-state index in [1.807, 2.05) is 74.9 Å². The second-order valence-corrected chi connectivity index (χ2v) is 7.32. The van der Waals surface area contributed by atoms with Gasteiger partial charge in [0, 0.05) is 12.7 Å². The Labute approximate surface area is 146 Å². The van der Waals surface area contributed by atoms with Gasteiger partial charge in [0.25, 0.3) is 0 Å². The molecule has 0 aliphatic heterocycles. The van der Waals surface area contributed by atoms with Crippen LogP contribution in [0, 0.1) is 13.8 Å². The first kappa shape index (κ1) is 16.6. The van der Waals surface area contributed by atoms with Gasteiger partial charge in [-0.2, -0.15) is 0 Å². The highest BCUT2D eigenvalue weighted by Gasteiger charge is 2.19. The van der Waals surface area contributed by atoms with Gasteiger partial charge in [-0.15, -0.1) is 0 Å². The second-order valence-electron chi connectivity index (χ2n) is 6.01. The standard InChI is InChI=1S/C19H21N3OS/c1-12-9-10-13(2)16(11-12)20-18(23)14(3)24-19-21-15-7-5-6-8-17(15)22(19)4/h5-11,14H,1-4H3,(H,20,23). The van der Waals surface area contributed by atoms with Gasteiger partial charge in [0.05, 0.1) is 16.3 Å². The fourth-order valence-corrected chi connectivity index (χ4v) is 3.44. The molecule has 0 fully saturated rings. The Morgan fingerprint density at radius 2 is 1.96 bits per heavy atom. The van der Waals surface area contributed by atoms with Gasteiger partial charge in [-0.1, -0.05) is 36.0 Å². The molecule has 1 unspecified atom stereocenters. The molecule has 1 heterocycles. The Kier molecular flexibility index (Phi) is 4.62. The number of rotatable bonds is 4. The molecule has 1 amide bonds. The van der Waals surface area contributed by atoms with Crippen molar-refractivity contribution in [3.63, 3.8) is 0 Å². The van der Waals surface area contributed by atoms with E-state index in [1.54, 1.807) is 0 Å². The molecular formula is C19H21N3OS. The lowest BCUT2D eigenvalue weighted by Crippen LogP contribution is -2.23. The normalized spacial score (nSPS) is 12.3. The Bertz CT molecular complexity index is 901. The minimum absolute atomic E-state index is 0.0132. The molecule has 3 aromatic rings. The van der Waals surface area contributed by atoms with E-state index in [-0.39, 0.29) is 11.2 Å². The highest BCUT2D eigenvalue weighted by atomic mass is 32.2. The highest BCUT2D eigenvalue weighted by Crippen LogP contribution is 2.27. The van der Waals surface area contributed by atoms with Gasteiger partial charge in [0.1, 0.15) is 0 Å². The third-order valence-corrected chi connectivity index (χ3v) is 5.19. The van der Waals surface area contributed by atoms with Crippen LogP contribution < -0.4 is 5.32 Å². The lowest BCUT2D eigenvalue weighted by Gasteiger charge is -2.14. The number of hydrogen-bond acceptors (Lipinski definition) is 3. The minimum Gasteiger partial charge on any atom is -0.325 e. The van der Waals surface area contributed by atoms with E-state index in [1.165, 1.54) is 11.8 Å². The average Bonchev–Trinajstić information content (AvgIpc) is 2.87. The van der Waals surface area contributed by atoms with Crippen LogP contribution >= 0.6 is 11.8 Å². The minimum atomic E-state index is -0.236. The quantitative estimate of drug-likeness (QED) is 0.721. The molecular weight excluding hydrogens is 318 g/mol. The summed E-state index contributed by atoms with van der Waals surface area (Å²) in [6.07, 6.45) is 0. The van der Waals surface area contributed by atoms with Crippen LogP contribution in [0.1, 0.15) is 18.1 Å². The number of benzene rings is 2. The number of nitrogens with zero attached hydrogens (tertiary/aromatic N) is 2. The van der Waals surface area contributed by atoms with E-state index in [0.29, 0.717) is 0 Å². The zero-order valence-electron chi connectivity index (χ0n) is 14.3. The number of aryl methyl sites for hydroxylation is 3. The number of para-hydroxylation sites is 2. The third kappa shape index (κ3) is 3.31. The first-order valence-electron chi connectivity index (χ1n) is 7.92. The molecule has 24 heavy (non-hydrogen) atoms. The summed E-state index contributed by atoms with van der Waals surface area (Å²) in [5, 5.41) is 3.64. The zero-order chi connectivity index (χ0) is 17.3. The Morgan fingerprint density at radius 1 is 1.21 bits per heavy atom. The molecule has 0 aliphatic rings. The Morgan fingerprint density at radius 3 is 2.71 bits per heavy atom. The predicted molar refractivity (Wildman–Crippen MR) is 101 cm³/mol. The molecule has 3 rings (SSSR count).